The van der Waals surface area contributed by atoms with Crippen molar-refractivity contribution < 1.29 is 18.3 Å². The van der Waals surface area contributed by atoms with Crippen LogP contribution in [0.25, 0.3) is 16.9 Å². The first-order valence-corrected chi connectivity index (χ1v) is 10.6. The summed E-state index contributed by atoms with van der Waals surface area (Å²) in [6.45, 7) is 1.92. The number of hydrogen-bond acceptors (Lipinski definition) is 7. The Morgan fingerprint density at radius 2 is 2.03 bits per heavy atom. The molecule has 0 radical (unpaired) electrons. The maximum absolute atomic E-state index is 14.2. The van der Waals surface area contributed by atoms with Crippen LogP contribution >= 0.6 is 0 Å². The molecule has 1 fully saturated rings. The highest BCUT2D eigenvalue weighted by Crippen LogP contribution is 2.34. The third-order valence-electron chi connectivity index (χ3n) is 5.98. The zero-order valence-electron chi connectivity index (χ0n) is 18.2. The van der Waals surface area contributed by atoms with E-state index in [0.717, 1.165) is 42.1 Å². The predicted molar refractivity (Wildman–Crippen MR) is 115 cm³/mol. The summed E-state index contributed by atoms with van der Waals surface area (Å²) in [6, 6.07) is 4.95. The molecule has 0 spiro atoms. The molecule has 1 saturated carbocycles. The third-order valence-corrected chi connectivity index (χ3v) is 5.98. The van der Waals surface area contributed by atoms with Crippen LogP contribution in [0.5, 0.6) is 5.88 Å². The van der Waals surface area contributed by atoms with E-state index in [2.05, 4.69) is 20.3 Å². The van der Waals surface area contributed by atoms with Crippen LogP contribution in [0.3, 0.4) is 0 Å². The number of imidazole rings is 1. The molecule has 0 bridgehead atoms. The normalized spacial score (nSPS) is 18.9. The van der Waals surface area contributed by atoms with Crippen LogP contribution in [0.1, 0.15) is 36.4 Å². The van der Waals surface area contributed by atoms with Gasteiger partial charge in [0.1, 0.15) is 41.4 Å². The standard InChI is InChI=1S/C22H23F2N7O2/c1-12-21(28-29-31(12)16-8-15(25)9-16)13-5-19-26-3-4-30(19)20(6-13)33-11-18(32-2)22-17(24)7-14(23)10-27-22/h3-7,10,15-16,18H,8-9,11,25H2,1-2H3. The van der Waals surface area contributed by atoms with Gasteiger partial charge in [-0.3, -0.25) is 9.38 Å². The summed E-state index contributed by atoms with van der Waals surface area (Å²) in [5.41, 5.74) is 8.99. The summed E-state index contributed by atoms with van der Waals surface area (Å²) in [7, 11) is 1.41. The Labute approximate surface area is 188 Å². The number of methoxy groups -OCH3 is 1. The third kappa shape index (κ3) is 3.93. The molecule has 4 heterocycles. The molecule has 9 nitrogen and oxygen atoms in total. The Morgan fingerprint density at radius 3 is 2.76 bits per heavy atom. The van der Waals surface area contributed by atoms with Crippen molar-refractivity contribution in [3.8, 4) is 17.1 Å². The van der Waals surface area contributed by atoms with Gasteiger partial charge in [0, 0.05) is 43.2 Å². The molecule has 1 aliphatic rings. The molecule has 5 rings (SSSR count). The van der Waals surface area contributed by atoms with Crippen LogP contribution in [-0.4, -0.2) is 49.1 Å². The summed E-state index contributed by atoms with van der Waals surface area (Å²) in [4.78, 5) is 8.19. The monoisotopic (exact) mass is 455 g/mol. The summed E-state index contributed by atoms with van der Waals surface area (Å²) in [5.74, 6) is -1.09. The first-order chi connectivity index (χ1) is 15.9. The fourth-order valence-corrected chi connectivity index (χ4v) is 4.11. The van der Waals surface area contributed by atoms with E-state index in [1.54, 1.807) is 16.8 Å². The van der Waals surface area contributed by atoms with Crippen LogP contribution in [-0.2, 0) is 4.74 Å². The van der Waals surface area contributed by atoms with E-state index in [9.17, 15) is 8.78 Å². The fourth-order valence-electron chi connectivity index (χ4n) is 4.11. The molecular weight excluding hydrogens is 432 g/mol. The molecule has 1 unspecified atom stereocenters. The van der Waals surface area contributed by atoms with Crippen LogP contribution in [0, 0.1) is 18.6 Å². The van der Waals surface area contributed by atoms with Gasteiger partial charge in [-0.25, -0.2) is 18.4 Å². The van der Waals surface area contributed by atoms with Gasteiger partial charge in [0.2, 0.25) is 0 Å². The van der Waals surface area contributed by atoms with Gasteiger partial charge in [-0.15, -0.1) is 5.10 Å². The molecule has 4 aromatic heterocycles. The number of ether oxygens (including phenoxy) is 2. The molecule has 1 atom stereocenters. The highest BCUT2D eigenvalue weighted by atomic mass is 19.1. The van der Waals surface area contributed by atoms with E-state index in [0.29, 0.717) is 11.5 Å². The molecule has 1 aliphatic carbocycles. The molecule has 0 aliphatic heterocycles. The van der Waals surface area contributed by atoms with Gasteiger partial charge >= 0.3 is 0 Å². The van der Waals surface area contributed by atoms with E-state index >= 15 is 0 Å². The Hall–Kier alpha value is -3.44. The molecule has 0 amide bonds. The molecule has 11 heteroatoms. The molecule has 4 aromatic rings. The lowest BCUT2D eigenvalue weighted by molar-refractivity contribution is 0.0497. The van der Waals surface area contributed by atoms with Crippen molar-refractivity contribution in [2.45, 2.75) is 38.0 Å². The van der Waals surface area contributed by atoms with E-state index in [1.165, 1.54) is 7.11 Å². The molecule has 0 aromatic carbocycles. The van der Waals surface area contributed by atoms with Gasteiger partial charge in [0.15, 0.2) is 5.88 Å². The van der Waals surface area contributed by atoms with Gasteiger partial charge in [-0.2, -0.15) is 0 Å². The van der Waals surface area contributed by atoms with E-state index in [4.69, 9.17) is 15.2 Å². The maximum Gasteiger partial charge on any atom is 0.200 e. The fraction of sp³-hybridized carbons (Fsp3) is 0.364. The van der Waals surface area contributed by atoms with Gasteiger partial charge in [0.25, 0.3) is 0 Å². The second kappa shape index (κ2) is 8.49. The summed E-state index contributed by atoms with van der Waals surface area (Å²) in [5, 5.41) is 8.72. The topological polar surface area (TPSA) is 105 Å². The summed E-state index contributed by atoms with van der Waals surface area (Å²) >= 11 is 0. The minimum absolute atomic E-state index is 0.0329. The number of halogens is 2. The van der Waals surface area contributed by atoms with E-state index in [1.807, 2.05) is 23.7 Å². The van der Waals surface area contributed by atoms with E-state index in [-0.39, 0.29) is 24.4 Å². The number of nitrogens with zero attached hydrogens (tertiary/aromatic N) is 6. The predicted octanol–water partition coefficient (Wildman–Crippen LogP) is 3.00. The van der Waals surface area contributed by atoms with Crippen molar-refractivity contribution >= 4 is 5.65 Å². The molecule has 0 saturated heterocycles. The van der Waals surface area contributed by atoms with E-state index < -0.39 is 17.7 Å². The highest BCUT2D eigenvalue weighted by molar-refractivity contribution is 5.67. The SMILES string of the molecule is COC(COc1cc(-c2nnn(C3CC(N)C3)c2C)cc2nccn12)c1ncc(F)cc1F. The van der Waals surface area contributed by atoms with Gasteiger partial charge in [-0.05, 0) is 25.8 Å². The van der Waals surface area contributed by atoms with Crippen molar-refractivity contribution in [1.82, 2.24) is 29.4 Å². The minimum atomic E-state index is -0.835. The van der Waals surface area contributed by atoms with Crippen LogP contribution in [0.15, 0.2) is 36.8 Å². The van der Waals surface area contributed by atoms with Crippen LogP contribution in [0.2, 0.25) is 0 Å². The largest absolute Gasteiger partial charge is 0.475 e. The van der Waals surface area contributed by atoms with Crippen LogP contribution in [0.4, 0.5) is 8.78 Å². The second-order valence-corrected chi connectivity index (χ2v) is 8.15. The molecular formula is C22H23F2N7O2. The zero-order chi connectivity index (χ0) is 23.1. The average Bonchev–Trinajstić information content (AvgIpc) is 3.39. The number of rotatable bonds is 7. The number of fused-ring (bicyclic) bond motifs is 1. The Morgan fingerprint density at radius 1 is 1.21 bits per heavy atom. The van der Waals surface area contributed by atoms with Gasteiger partial charge in [-0.1, -0.05) is 5.21 Å². The highest BCUT2D eigenvalue weighted by Gasteiger charge is 2.30. The second-order valence-electron chi connectivity index (χ2n) is 8.15. The summed E-state index contributed by atoms with van der Waals surface area (Å²) in [6.07, 6.45) is 5.28. The van der Waals surface area contributed by atoms with Crippen molar-refractivity contribution in [2.24, 2.45) is 5.73 Å². The zero-order valence-corrected chi connectivity index (χ0v) is 18.2. The van der Waals surface area contributed by atoms with Crippen molar-refractivity contribution in [2.75, 3.05) is 13.7 Å². The first-order valence-electron chi connectivity index (χ1n) is 10.6. The molecule has 33 heavy (non-hydrogen) atoms. The molecule has 172 valence electrons. The Bertz CT molecular complexity index is 1300. The van der Waals surface area contributed by atoms with Crippen molar-refractivity contribution in [1.29, 1.82) is 0 Å². The van der Waals surface area contributed by atoms with Gasteiger partial charge < -0.3 is 15.2 Å². The number of aromatic nitrogens is 6. The summed E-state index contributed by atoms with van der Waals surface area (Å²) < 4.78 is 42.5. The number of nitrogens with two attached hydrogens (primary N) is 1. The van der Waals surface area contributed by atoms with Gasteiger partial charge in [0.05, 0.1) is 17.9 Å². The Balaban J connectivity index is 1.44. The lowest BCUT2D eigenvalue weighted by Crippen LogP contribution is -2.38. The number of hydrogen-bond donors (Lipinski definition) is 1. The minimum Gasteiger partial charge on any atom is -0.475 e. The Kier molecular flexibility index (Phi) is 5.51. The quantitative estimate of drug-likeness (QED) is 0.457. The van der Waals surface area contributed by atoms with Crippen molar-refractivity contribution in [3.63, 3.8) is 0 Å². The average molecular weight is 455 g/mol. The molecule has 2 N–H and O–H groups in total. The maximum atomic E-state index is 14.2. The van der Waals surface area contributed by atoms with Crippen LogP contribution < -0.4 is 10.5 Å². The smallest absolute Gasteiger partial charge is 0.200 e. The number of pyridine rings is 2. The lowest BCUT2D eigenvalue weighted by atomic mass is 9.87. The first kappa shape index (κ1) is 21.4. The lowest BCUT2D eigenvalue weighted by Gasteiger charge is -2.32. The van der Waals surface area contributed by atoms with Crippen molar-refractivity contribution in [3.05, 3.63) is 59.8 Å².